The summed E-state index contributed by atoms with van der Waals surface area (Å²) in [5.74, 6) is -0.599. The van der Waals surface area contributed by atoms with Crippen molar-refractivity contribution in [3.8, 4) is 0 Å². The smallest absolute Gasteiger partial charge is 0.340 e. The standard InChI is InChI=1S/C12H15ClN2O3/c1-15-11(16)3-2-6-18-12(17)9-5-4-8(13)7-10(9)14/h4-5,7H,2-3,6,14H2,1H3,(H,15,16). The summed E-state index contributed by atoms with van der Waals surface area (Å²) in [7, 11) is 1.56. The Labute approximate surface area is 110 Å². The topological polar surface area (TPSA) is 81.4 Å². The van der Waals surface area contributed by atoms with Gasteiger partial charge in [0.1, 0.15) is 0 Å². The van der Waals surface area contributed by atoms with Crippen molar-refractivity contribution < 1.29 is 14.3 Å². The first kappa shape index (κ1) is 14.3. The summed E-state index contributed by atoms with van der Waals surface area (Å²) in [5.41, 5.74) is 6.20. The normalized spacial score (nSPS) is 9.89. The summed E-state index contributed by atoms with van der Waals surface area (Å²) < 4.78 is 5.00. The van der Waals surface area contributed by atoms with Gasteiger partial charge >= 0.3 is 5.97 Å². The van der Waals surface area contributed by atoms with Gasteiger partial charge < -0.3 is 15.8 Å². The van der Waals surface area contributed by atoms with E-state index >= 15 is 0 Å². The Kier molecular flexibility index (Phi) is 5.45. The van der Waals surface area contributed by atoms with Gasteiger partial charge in [-0.15, -0.1) is 0 Å². The lowest BCUT2D eigenvalue weighted by Gasteiger charge is -2.07. The fourth-order valence-electron chi connectivity index (χ4n) is 1.32. The van der Waals surface area contributed by atoms with E-state index in [1.807, 2.05) is 0 Å². The van der Waals surface area contributed by atoms with E-state index in [9.17, 15) is 9.59 Å². The summed E-state index contributed by atoms with van der Waals surface area (Å²) in [6.45, 7) is 0.175. The van der Waals surface area contributed by atoms with Crippen LogP contribution < -0.4 is 11.1 Å². The molecule has 0 spiro atoms. The molecule has 0 atom stereocenters. The molecule has 0 saturated heterocycles. The van der Waals surface area contributed by atoms with Crippen molar-refractivity contribution in [2.24, 2.45) is 0 Å². The molecule has 0 aliphatic heterocycles. The Bertz CT molecular complexity index is 449. The average Bonchev–Trinajstić information content (AvgIpc) is 2.34. The van der Waals surface area contributed by atoms with E-state index in [1.54, 1.807) is 13.1 Å². The first-order chi connectivity index (χ1) is 8.54. The fraction of sp³-hybridized carbons (Fsp3) is 0.333. The van der Waals surface area contributed by atoms with Crippen molar-refractivity contribution in [1.82, 2.24) is 5.32 Å². The van der Waals surface area contributed by atoms with Crippen molar-refractivity contribution in [2.45, 2.75) is 12.8 Å². The van der Waals surface area contributed by atoms with Crippen LogP contribution in [0.1, 0.15) is 23.2 Å². The number of anilines is 1. The predicted octanol–water partition coefficient (Wildman–Crippen LogP) is 1.61. The molecule has 0 fully saturated rings. The highest BCUT2D eigenvalue weighted by Gasteiger charge is 2.11. The Morgan fingerprint density at radius 1 is 1.44 bits per heavy atom. The molecular formula is C12H15ClN2O3. The summed E-state index contributed by atoms with van der Waals surface area (Å²) in [5, 5.41) is 2.95. The molecule has 18 heavy (non-hydrogen) atoms. The second kappa shape index (κ2) is 6.86. The number of esters is 1. The van der Waals surface area contributed by atoms with Gasteiger partial charge in [-0.3, -0.25) is 4.79 Å². The minimum atomic E-state index is -0.513. The molecule has 98 valence electrons. The van der Waals surface area contributed by atoms with Crippen molar-refractivity contribution in [3.63, 3.8) is 0 Å². The van der Waals surface area contributed by atoms with E-state index in [0.717, 1.165) is 0 Å². The van der Waals surface area contributed by atoms with Crippen LogP contribution in [-0.4, -0.2) is 25.5 Å². The molecule has 0 heterocycles. The largest absolute Gasteiger partial charge is 0.462 e. The third-order valence-electron chi connectivity index (χ3n) is 2.29. The lowest BCUT2D eigenvalue weighted by atomic mass is 10.2. The first-order valence-electron chi connectivity index (χ1n) is 5.47. The van der Waals surface area contributed by atoms with Gasteiger partial charge in [0.2, 0.25) is 5.91 Å². The minimum Gasteiger partial charge on any atom is -0.462 e. The van der Waals surface area contributed by atoms with Crippen molar-refractivity contribution in [2.75, 3.05) is 19.4 Å². The Balaban J connectivity index is 2.43. The van der Waals surface area contributed by atoms with Gasteiger partial charge in [-0.25, -0.2) is 4.79 Å². The number of carbonyl (C=O) groups is 2. The number of rotatable bonds is 5. The second-order valence-corrected chi connectivity index (χ2v) is 4.08. The Hall–Kier alpha value is -1.75. The molecule has 1 amide bonds. The molecule has 6 heteroatoms. The molecule has 3 N–H and O–H groups in total. The van der Waals surface area contributed by atoms with Crippen LogP contribution in [0.2, 0.25) is 5.02 Å². The van der Waals surface area contributed by atoms with Crippen molar-refractivity contribution in [1.29, 1.82) is 0 Å². The summed E-state index contributed by atoms with van der Waals surface area (Å²) in [6.07, 6.45) is 0.790. The number of carbonyl (C=O) groups excluding carboxylic acids is 2. The van der Waals surface area contributed by atoms with Crippen LogP contribution >= 0.6 is 11.6 Å². The average molecular weight is 271 g/mol. The van der Waals surface area contributed by atoms with Crippen LogP contribution in [0.3, 0.4) is 0 Å². The third kappa shape index (κ3) is 4.25. The maximum atomic E-state index is 11.6. The molecule has 0 unspecified atom stereocenters. The van der Waals surface area contributed by atoms with E-state index in [4.69, 9.17) is 22.1 Å². The highest BCUT2D eigenvalue weighted by molar-refractivity contribution is 6.31. The van der Waals surface area contributed by atoms with Gasteiger partial charge in [-0.05, 0) is 24.6 Å². The van der Waals surface area contributed by atoms with Gasteiger partial charge in [0, 0.05) is 24.2 Å². The predicted molar refractivity (Wildman–Crippen MR) is 69.4 cm³/mol. The molecular weight excluding hydrogens is 256 g/mol. The highest BCUT2D eigenvalue weighted by atomic mass is 35.5. The van der Waals surface area contributed by atoms with Crippen LogP contribution in [0, 0.1) is 0 Å². The van der Waals surface area contributed by atoms with Crippen LogP contribution in [0.15, 0.2) is 18.2 Å². The number of amides is 1. The van der Waals surface area contributed by atoms with Crippen molar-refractivity contribution in [3.05, 3.63) is 28.8 Å². The van der Waals surface area contributed by atoms with Crippen LogP contribution in [0.4, 0.5) is 5.69 Å². The number of hydrogen-bond acceptors (Lipinski definition) is 4. The maximum absolute atomic E-state index is 11.6. The number of hydrogen-bond donors (Lipinski definition) is 2. The number of nitrogen functional groups attached to an aromatic ring is 1. The van der Waals surface area contributed by atoms with Crippen LogP contribution in [0.5, 0.6) is 0 Å². The van der Waals surface area contributed by atoms with Crippen LogP contribution in [-0.2, 0) is 9.53 Å². The third-order valence-corrected chi connectivity index (χ3v) is 2.53. The van der Waals surface area contributed by atoms with E-state index in [-0.39, 0.29) is 23.8 Å². The lowest BCUT2D eigenvalue weighted by Crippen LogP contribution is -2.18. The van der Waals surface area contributed by atoms with Crippen LogP contribution in [0.25, 0.3) is 0 Å². The van der Waals surface area contributed by atoms with E-state index in [0.29, 0.717) is 17.9 Å². The number of halogens is 1. The monoisotopic (exact) mass is 270 g/mol. The number of nitrogens with one attached hydrogen (secondary N) is 1. The second-order valence-electron chi connectivity index (χ2n) is 3.64. The molecule has 0 radical (unpaired) electrons. The maximum Gasteiger partial charge on any atom is 0.340 e. The van der Waals surface area contributed by atoms with E-state index < -0.39 is 5.97 Å². The zero-order valence-electron chi connectivity index (χ0n) is 10.0. The highest BCUT2D eigenvalue weighted by Crippen LogP contribution is 2.18. The van der Waals surface area contributed by atoms with Crippen molar-refractivity contribution >= 4 is 29.2 Å². The van der Waals surface area contributed by atoms with Gasteiger partial charge in [0.15, 0.2) is 0 Å². The zero-order valence-corrected chi connectivity index (χ0v) is 10.8. The number of benzene rings is 1. The van der Waals surface area contributed by atoms with Gasteiger partial charge in [-0.1, -0.05) is 11.6 Å². The first-order valence-corrected chi connectivity index (χ1v) is 5.85. The molecule has 0 aliphatic rings. The van der Waals surface area contributed by atoms with E-state index in [2.05, 4.69) is 5.32 Å². The molecule has 1 rings (SSSR count). The molecule has 0 bridgehead atoms. The molecule has 1 aromatic rings. The summed E-state index contributed by atoms with van der Waals surface area (Å²) in [6, 6.07) is 4.57. The minimum absolute atomic E-state index is 0.0861. The fourth-order valence-corrected chi connectivity index (χ4v) is 1.50. The lowest BCUT2D eigenvalue weighted by molar-refractivity contribution is -0.120. The molecule has 5 nitrogen and oxygen atoms in total. The molecule has 0 aromatic heterocycles. The van der Waals surface area contributed by atoms with Gasteiger partial charge in [0.05, 0.1) is 12.2 Å². The molecule has 0 aliphatic carbocycles. The molecule has 1 aromatic carbocycles. The summed E-state index contributed by atoms with van der Waals surface area (Å²) in [4.78, 5) is 22.6. The van der Waals surface area contributed by atoms with E-state index in [1.165, 1.54) is 12.1 Å². The Morgan fingerprint density at radius 3 is 2.78 bits per heavy atom. The SMILES string of the molecule is CNC(=O)CCCOC(=O)c1ccc(Cl)cc1N. The zero-order chi connectivity index (χ0) is 13.5. The van der Waals surface area contributed by atoms with Gasteiger partial charge in [0.25, 0.3) is 0 Å². The van der Waals surface area contributed by atoms with Gasteiger partial charge in [-0.2, -0.15) is 0 Å². The number of ether oxygens (including phenoxy) is 1. The number of nitrogens with two attached hydrogens (primary N) is 1. The quantitative estimate of drug-likeness (QED) is 0.484. The molecule has 0 saturated carbocycles. The Morgan fingerprint density at radius 2 is 2.17 bits per heavy atom. The summed E-state index contributed by atoms with van der Waals surface area (Å²) >= 11 is 5.72.